The number of hydrogen-bond acceptors (Lipinski definition) is 7. The molecule has 0 aliphatic carbocycles. The van der Waals surface area contributed by atoms with Crippen LogP contribution in [-0.2, 0) is 14.8 Å². The fourth-order valence-electron chi connectivity index (χ4n) is 3.12. The highest BCUT2D eigenvalue weighted by Crippen LogP contribution is 2.32. The van der Waals surface area contributed by atoms with Gasteiger partial charge in [-0.3, -0.25) is 14.3 Å². The highest BCUT2D eigenvalue weighted by molar-refractivity contribution is 9.10. The maximum Gasteiger partial charge on any atom is 0.410 e. The van der Waals surface area contributed by atoms with Crippen LogP contribution >= 0.6 is 15.9 Å². The second-order valence-electron chi connectivity index (χ2n) is 8.98. The first-order valence-electron chi connectivity index (χ1n) is 11.0. The number of amides is 2. The topological polar surface area (TPSA) is 125 Å². The maximum absolute atomic E-state index is 13.3. The lowest BCUT2D eigenvalue weighted by atomic mass is 10.1. The Bertz CT molecular complexity index is 1310. The van der Waals surface area contributed by atoms with Crippen molar-refractivity contribution in [3.63, 3.8) is 0 Å². The first kappa shape index (κ1) is 30.0. The summed E-state index contributed by atoms with van der Waals surface area (Å²) >= 11 is 3.27. The summed E-state index contributed by atoms with van der Waals surface area (Å²) in [5.74, 6) is 5.16. The second kappa shape index (κ2) is 12.3. The third kappa shape index (κ3) is 8.11. The van der Waals surface area contributed by atoms with E-state index >= 15 is 0 Å². The molecule has 12 heteroatoms. The Morgan fingerprint density at radius 1 is 1.11 bits per heavy atom. The molecule has 0 radical (unpaired) electrons. The van der Waals surface area contributed by atoms with E-state index in [1.54, 1.807) is 46.3 Å². The quantitative estimate of drug-likeness (QED) is 0.282. The number of halogens is 1. The van der Waals surface area contributed by atoms with Crippen LogP contribution in [0.2, 0.25) is 0 Å². The Hall–Kier alpha value is -3.27. The molecular formula is C25H30BrN3O7S. The molecule has 0 atom stereocenters. The number of hydrogen-bond donors (Lipinski definition) is 2. The average Bonchev–Trinajstić information content (AvgIpc) is 2.81. The van der Waals surface area contributed by atoms with Crippen molar-refractivity contribution in [3.8, 4) is 17.6 Å². The lowest BCUT2D eigenvalue weighted by Gasteiger charge is -2.24. The molecule has 37 heavy (non-hydrogen) atoms. The van der Waals surface area contributed by atoms with E-state index in [4.69, 9.17) is 14.7 Å². The molecule has 2 aromatic rings. The minimum absolute atomic E-state index is 0.0173. The third-order valence-corrected chi connectivity index (χ3v) is 7.10. The number of nitrogens with zero attached hydrogens (tertiary/aromatic N) is 2. The number of anilines is 1. The normalized spacial score (nSPS) is 11.1. The van der Waals surface area contributed by atoms with Gasteiger partial charge in [0.25, 0.3) is 15.9 Å². The highest BCUT2D eigenvalue weighted by Gasteiger charge is 2.27. The van der Waals surface area contributed by atoms with Crippen molar-refractivity contribution < 1.29 is 32.7 Å². The Morgan fingerprint density at radius 2 is 1.73 bits per heavy atom. The van der Waals surface area contributed by atoms with Crippen LogP contribution in [0.25, 0.3) is 0 Å². The second-order valence-corrected chi connectivity index (χ2v) is 11.9. The fraction of sp³-hybridized carbons (Fsp3) is 0.360. The third-order valence-electron chi connectivity index (χ3n) is 4.87. The van der Waals surface area contributed by atoms with Crippen LogP contribution in [0.4, 0.5) is 10.5 Å². The van der Waals surface area contributed by atoms with Gasteiger partial charge < -0.3 is 14.4 Å². The molecule has 2 rings (SSSR count). The van der Waals surface area contributed by atoms with Gasteiger partial charge in [0, 0.05) is 18.6 Å². The van der Waals surface area contributed by atoms with Crippen molar-refractivity contribution >= 4 is 43.6 Å². The summed E-state index contributed by atoms with van der Waals surface area (Å²) in [7, 11) is -1.14. The molecule has 0 aliphatic rings. The van der Waals surface area contributed by atoms with E-state index in [0.717, 1.165) is 4.31 Å². The fourth-order valence-corrected chi connectivity index (χ4v) is 4.97. The van der Waals surface area contributed by atoms with Crippen molar-refractivity contribution in [2.45, 2.75) is 38.2 Å². The van der Waals surface area contributed by atoms with Gasteiger partial charge in [-0.15, -0.1) is 0 Å². The molecule has 0 unspecified atom stereocenters. The van der Waals surface area contributed by atoms with Gasteiger partial charge in [0.2, 0.25) is 0 Å². The van der Waals surface area contributed by atoms with Crippen LogP contribution in [0.15, 0.2) is 45.8 Å². The summed E-state index contributed by atoms with van der Waals surface area (Å²) in [4.78, 5) is 25.4. The monoisotopic (exact) mass is 595 g/mol. The van der Waals surface area contributed by atoms with Gasteiger partial charge in [0.15, 0.2) is 0 Å². The Balaban J connectivity index is 2.09. The van der Waals surface area contributed by atoms with Crippen LogP contribution in [0.3, 0.4) is 0 Å². The number of carbonyl (C=O) groups excluding carboxylic acids is 2. The van der Waals surface area contributed by atoms with E-state index in [9.17, 15) is 18.0 Å². The Labute approximate surface area is 225 Å². The summed E-state index contributed by atoms with van der Waals surface area (Å²) < 4.78 is 38.9. The number of ether oxygens (including phenoxy) is 2. The highest BCUT2D eigenvalue weighted by atomic mass is 79.9. The number of nitrogens with one attached hydrogen (secondary N) is 1. The SMILES string of the molecule is Cc1cc(Br)cc(C(=O)NO)c1N(C)S(=O)(=O)c1ccc(OCC#CCN(C)C(=O)OC(C)(C)C)cc1. The van der Waals surface area contributed by atoms with E-state index in [1.807, 2.05) is 0 Å². The first-order chi connectivity index (χ1) is 17.2. The molecule has 200 valence electrons. The summed E-state index contributed by atoms with van der Waals surface area (Å²) in [5.41, 5.74) is 1.57. The predicted octanol–water partition coefficient (Wildman–Crippen LogP) is 3.95. The Kier molecular flexibility index (Phi) is 9.97. The zero-order valence-electron chi connectivity index (χ0n) is 21.5. The van der Waals surface area contributed by atoms with Gasteiger partial charge >= 0.3 is 6.09 Å². The van der Waals surface area contributed by atoms with Crippen molar-refractivity contribution in [2.24, 2.45) is 0 Å². The van der Waals surface area contributed by atoms with Crippen LogP contribution in [0.1, 0.15) is 36.7 Å². The first-order valence-corrected chi connectivity index (χ1v) is 13.3. The minimum Gasteiger partial charge on any atom is -0.481 e. The number of aryl methyl sites for hydroxylation is 1. The van der Waals surface area contributed by atoms with Gasteiger partial charge in [-0.05, 0) is 69.7 Å². The van der Waals surface area contributed by atoms with Crippen molar-refractivity contribution in [3.05, 3.63) is 52.0 Å². The molecule has 0 bridgehead atoms. The Morgan fingerprint density at radius 3 is 2.30 bits per heavy atom. The van der Waals surface area contributed by atoms with Crippen LogP contribution in [0, 0.1) is 18.8 Å². The standard InChI is InChI=1S/C25H30BrN3O7S/c1-17-15-18(26)16-21(23(30)27-32)22(17)29(6)37(33,34)20-11-9-19(10-12-20)35-14-8-7-13-28(5)24(31)36-25(2,3)4/h9-12,15-16,32H,13-14H2,1-6H3,(H,27,30). The number of benzene rings is 2. The average molecular weight is 597 g/mol. The molecule has 0 aromatic heterocycles. The van der Waals surface area contributed by atoms with Gasteiger partial charge in [-0.25, -0.2) is 18.7 Å². The summed E-state index contributed by atoms with van der Waals surface area (Å²) in [6.45, 7) is 7.19. The molecule has 0 saturated carbocycles. The molecule has 0 fully saturated rings. The molecule has 2 aromatic carbocycles. The van der Waals surface area contributed by atoms with E-state index in [-0.39, 0.29) is 29.3 Å². The molecule has 2 N–H and O–H groups in total. The smallest absolute Gasteiger partial charge is 0.410 e. The van der Waals surface area contributed by atoms with Crippen molar-refractivity contribution in [2.75, 3.05) is 31.6 Å². The molecule has 0 spiro atoms. The number of sulfonamides is 1. The van der Waals surface area contributed by atoms with Crippen molar-refractivity contribution in [1.82, 2.24) is 10.4 Å². The maximum atomic E-state index is 13.3. The van der Waals surface area contributed by atoms with Crippen LogP contribution in [-0.4, -0.2) is 63.4 Å². The van der Waals surface area contributed by atoms with E-state index in [2.05, 4.69) is 27.8 Å². The van der Waals surface area contributed by atoms with E-state index in [1.165, 1.54) is 42.3 Å². The molecule has 0 aliphatic heterocycles. The van der Waals surface area contributed by atoms with Gasteiger partial charge in [0.1, 0.15) is 18.0 Å². The molecule has 0 saturated heterocycles. The predicted molar refractivity (Wildman–Crippen MR) is 142 cm³/mol. The van der Waals surface area contributed by atoms with Gasteiger partial charge in [-0.2, -0.15) is 0 Å². The summed E-state index contributed by atoms with van der Waals surface area (Å²) in [6, 6.07) is 8.83. The molecule has 2 amide bonds. The molecular weight excluding hydrogens is 566 g/mol. The number of rotatable bonds is 7. The minimum atomic E-state index is -4.04. The van der Waals surface area contributed by atoms with Crippen LogP contribution in [0.5, 0.6) is 5.75 Å². The lowest BCUT2D eigenvalue weighted by molar-refractivity contribution is 0.0320. The zero-order valence-corrected chi connectivity index (χ0v) is 23.9. The zero-order chi connectivity index (χ0) is 28.0. The van der Waals surface area contributed by atoms with E-state index in [0.29, 0.717) is 15.8 Å². The van der Waals surface area contributed by atoms with Gasteiger partial charge in [0.05, 0.1) is 22.7 Å². The largest absolute Gasteiger partial charge is 0.481 e. The molecule has 0 heterocycles. The lowest BCUT2D eigenvalue weighted by Crippen LogP contribution is -2.34. The van der Waals surface area contributed by atoms with Crippen LogP contribution < -0.4 is 14.5 Å². The summed E-state index contributed by atoms with van der Waals surface area (Å²) in [5, 5.41) is 9.09. The van der Waals surface area contributed by atoms with Gasteiger partial charge in [-0.1, -0.05) is 27.8 Å². The molecule has 10 nitrogen and oxygen atoms in total. The number of carbonyl (C=O) groups is 2. The number of hydroxylamine groups is 1. The van der Waals surface area contributed by atoms with Crippen molar-refractivity contribution in [1.29, 1.82) is 0 Å². The van der Waals surface area contributed by atoms with E-state index < -0.39 is 27.6 Å². The summed E-state index contributed by atoms with van der Waals surface area (Å²) in [6.07, 6.45) is -0.480.